The fourth-order valence-corrected chi connectivity index (χ4v) is 1.02. The third kappa shape index (κ3) is 1.15. The summed E-state index contributed by atoms with van der Waals surface area (Å²) >= 11 is 0. The predicted octanol–water partition coefficient (Wildman–Crippen LogP) is -1.97. The van der Waals surface area contributed by atoms with Crippen LogP contribution in [0.5, 0.6) is 0 Å². The number of aliphatic hydroxyl groups excluding tert-OH is 2. The first-order valence-electron chi connectivity index (χ1n) is 3.41. The molecule has 4 heteroatoms. The third-order valence-corrected chi connectivity index (χ3v) is 2.11. The van der Waals surface area contributed by atoms with Crippen molar-refractivity contribution in [3.8, 4) is 0 Å². The van der Waals surface area contributed by atoms with E-state index in [-0.39, 0.29) is 0 Å². The van der Waals surface area contributed by atoms with E-state index < -0.39 is 17.7 Å². The minimum Gasteiger partial charge on any atom is -0.390 e. The summed E-state index contributed by atoms with van der Waals surface area (Å²) in [5.74, 6) is 0. The number of hydrogen-bond donors (Lipinski definition) is 4. The largest absolute Gasteiger partial charge is 0.390 e. The first-order chi connectivity index (χ1) is 4.55. The van der Waals surface area contributed by atoms with Gasteiger partial charge in [0.2, 0.25) is 0 Å². The molecule has 1 fully saturated rings. The van der Waals surface area contributed by atoms with Gasteiger partial charge in [-0.15, -0.1) is 0 Å². The van der Waals surface area contributed by atoms with Crippen LogP contribution in [0.3, 0.4) is 0 Å². The summed E-state index contributed by atoms with van der Waals surface area (Å²) in [6.07, 6.45) is -1.31. The Kier molecular flexibility index (Phi) is 1.96. The monoisotopic (exact) mass is 146 g/mol. The van der Waals surface area contributed by atoms with E-state index in [9.17, 15) is 10.2 Å². The van der Waals surface area contributed by atoms with Gasteiger partial charge in [-0.3, -0.25) is 0 Å². The number of nitrogens with one attached hydrogen (secondary N) is 1. The van der Waals surface area contributed by atoms with Crippen LogP contribution in [-0.2, 0) is 0 Å². The van der Waals surface area contributed by atoms with E-state index in [1.165, 1.54) is 0 Å². The maximum Gasteiger partial charge on any atom is 0.0866 e. The van der Waals surface area contributed by atoms with Crippen molar-refractivity contribution in [2.45, 2.75) is 24.7 Å². The van der Waals surface area contributed by atoms with Crippen molar-refractivity contribution in [1.82, 2.24) is 5.32 Å². The summed E-state index contributed by atoms with van der Waals surface area (Å²) in [4.78, 5) is 0. The Morgan fingerprint density at radius 2 is 1.80 bits per heavy atom. The summed E-state index contributed by atoms with van der Waals surface area (Å²) in [5.41, 5.74) is 4.77. The van der Waals surface area contributed by atoms with Crippen molar-refractivity contribution in [3.63, 3.8) is 0 Å². The highest BCUT2D eigenvalue weighted by Gasteiger charge is 2.38. The lowest BCUT2D eigenvalue weighted by atomic mass is 9.86. The van der Waals surface area contributed by atoms with Gasteiger partial charge in [-0.25, -0.2) is 0 Å². The summed E-state index contributed by atoms with van der Waals surface area (Å²) < 4.78 is 0. The third-order valence-electron chi connectivity index (χ3n) is 2.11. The second-order valence-corrected chi connectivity index (χ2v) is 3.06. The summed E-state index contributed by atoms with van der Waals surface area (Å²) in [7, 11) is 0. The van der Waals surface area contributed by atoms with Crippen LogP contribution in [0.4, 0.5) is 0 Å². The quantitative estimate of drug-likeness (QED) is 0.319. The van der Waals surface area contributed by atoms with E-state index in [2.05, 4.69) is 5.32 Å². The van der Waals surface area contributed by atoms with Crippen LogP contribution < -0.4 is 11.1 Å². The van der Waals surface area contributed by atoms with Gasteiger partial charge in [-0.05, 0) is 6.92 Å². The molecule has 0 aliphatic carbocycles. The Hall–Kier alpha value is -0.160. The van der Waals surface area contributed by atoms with Crippen LogP contribution in [0.25, 0.3) is 0 Å². The SMILES string of the molecule is CC1(N)[C@H](O)CNC[C@@H]1O. The molecule has 0 spiro atoms. The molecule has 0 aromatic heterocycles. The van der Waals surface area contributed by atoms with Gasteiger partial charge in [0.25, 0.3) is 0 Å². The van der Waals surface area contributed by atoms with Crippen LogP contribution >= 0.6 is 0 Å². The van der Waals surface area contributed by atoms with Crippen LogP contribution in [0.15, 0.2) is 0 Å². The molecule has 1 saturated heterocycles. The average Bonchev–Trinajstić information content (AvgIpc) is 1.84. The van der Waals surface area contributed by atoms with E-state index in [1.54, 1.807) is 6.92 Å². The molecule has 1 heterocycles. The molecular weight excluding hydrogens is 132 g/mol. The fourth-order valence-electron chi connectivity index (χ4n) is 1.02. The number of hydrogen-bond acceptors (Lipinski definition) is 4. The van der Waals surface area contributed by atoms with Gasteiger partial charge < -0.3 is 21.3 Å². The lowest BCUT2D eigenvalue weighted by molar-refractivity contribution is -0.0231. The maximum atomic E-state index is 9.26. The smallest absolute Gasteiger partial charge is 0.0866 e. The van der Waals surface area contributed by atoms with Gasteiger partial charge in [-0.1, -0.05) is 0 Å². The van der Waals surface area contributed by atoms with Gasteiger partial charge in [0.15, 0.2) is 0 Å². The van der Waals surface area contributed by atoms with E-state index in [1.807, 2.05) is 0 Å². The standard InChI is InChI=1S/C6H14N2O2/c1-6(7)4(9)2-8-3-5(6)10/h4-5,8-10H,2-3,7H2,1H3/t4-,5+,6?. The maximum absolute atomic E-state index is 9.26. The lowest BCUT2D eigenvalue weighted by Crippen LogP contribution is -2.66. The highest BCUT2D eigenvalue weighted by atomic mass is 16.3. The number of rotatable bonds is 0. The number of β-amino-alcohol motifs (C(OH)–C–C–N with tert-alkyl or cyclic N) is 2. The van der Waals surface area contributed by atoms with Crippen molar-refractivity contribution < 1.29 is 10.2 Å². The van der Waals surface area contributed by atoms with Crippen molar-refractivity contribution in [2.24, 2.45) is 5.73 Å². The fraction of sp³-hybridized carbons (Fsp3) is 1.00. The molecule has 1 unspecified atom stereocenters. The molecule has 1 aliphatic heterocycles. The van der Waals surface area contributed by atoms with Gasteiger partial charge in [-0.2, -0.15) is 0 Å². The topological polar surface area (TPSA) is 78.5 Å². The van der Waals surface area contributed by atoms with Crippen molar-refractivity contribution in [3.05, 3.63) is 0 Å². The summed E-state index contributed by atoms with van der Waals surface area (Å²) in [6, 6.07) is 0. The molecule has 5 N–H and O–H groups in total. The van der Waals surface area contributed by atoms with Crippen LogP contribution in [0.1, 0.15) is 6.92 Å². The molecule has 0 radical (unpaired) electrons. The minimum absolute atomic E-state index is 0.462. The summed E-state index contributed by atoms with van der Waals surface area (Å²) in [5, 5.41) is 21.4. The van der Waals surface area contributed by atoms with Gasteiger partial charge in [0.05, 0.1) is 17.7 Å². The van der Waals surface area contributed by atoms with Crippen molar-refractivity contribution in [1.29, 1.82) is 0 Å². The lowest BCUT2D eigenvalue weighted by Gasteiger charge is -2.39. The molecule has 0 saturated carbocycles. The van der Waals surface area contributed by atoms with E-state index >= 15 is 0 Å². The summed E-state index contributed by atoms with van der Waals surface area (Å²) in [6.45, 7) is 2.58. The number of piperidine rings is 1. The molecule has 1 rings (SSSR count). The molecule has 1 aliphatic rings. The number of nitrogens with two attached hydrogens (primary N) is 1. The average molecular weight is 146 g/mol. The first-order valence-corrected chi connectivity index (χ1v) is 3.41. The molecule has 10 heavy (non-hydrogen) atoms. The zero-order chi connectivity index (χ0) is 7.78. The molecule has 3 atom stereocenters. The van der Waals surface area contributed by atoms with Crippen molar-refractivity contribution in [2.75, 3.05) is 13.1 Å². The van der Waals surface area contributed by atoms with Crippen LogP contribution in [-0.4, -0.2) is 41.0 Å². The molecule has 4 nitrogen and oxygen atoms in total. The van der Waals surface area contributed by atoms with Gasteiger partial charge in [0, 0.05) is 13.1 Å². The highest BCUT2D eigenvalue weighted by Crippen LogP contribution is 2.14. The zero-order valence-corrected chi connectivity index (χ0v) is 6.04. The predicted molar refractivity (Wildman–Crippen MR) is 37.5 cm³/mol. The molecule has 0 bridgehead atoms. The highest BCUT2D eigenvalue weighted by molar-refractivity contribution is 4.99. The van der Waals surface area contributed by atoms with Crippen molar-refractivity contribution >= 4 is 0 Å². The molecule has 0 aromatic rings. The Morgan fingerprint density at radius 3 is 2.10 bits per heavy atom. The zero-order valence-electron chi connectivity index (χ0n) is 6.04. The van der Waals surface area contributed by atoms with Gasteiger partial charge >= 0.3 is 0 Å². The van der Waals surface area contributed by atoms with Crippen LogP contribution in [0.2, 0.25) is 0 Å². The van der Waals surface area contributed by atoms with Gasteiger partial charge in [0.1, 0.15) is 0 Å². The second kappa shape index (κ2) is 2.47. The van der Waals surface area contributed by atoms with E-state index in [0.29, 0.717) is 13.1 Å². The minimum atomic E-state index is -0.856. The Bertz CT molecular complexity index is 115. The molecule has 0 amide bonds. The Morgan fingerprint density at radius 1 is 1.40 bits per heavy atom. The van der Waals surface area contributed by atoms with Crippen LogP contribution in [0, 0.1) is 0 Å². The Labute approximate surface area is 60.0 Å². The second-order valence-electron chi connectivity index (χ2n) is 3.06. The Balaban J connectivity index is 2.63. The molecular formula is C6H14N2O2. The number of aliphatic hydroxyl groups is 2. The molecule has 60 valence electrons. The normalized spacial score (nSPS) is 49.2. The first kappa shape index (κ1) is 7.94. The molecule has 0 aromatic carbocycles. The van der Waals surface area contributed by atoms with E-state index in [0.717, 1.165) is 0 Å². The van der Waals surface area contributed by atoms with E-state index in [4.69, 9.17) is 5.73 Å².